The monoisotopic (exact) mass is 174 g/mol. The molecule has 3 nitrogen and oxygen atoms in total. The Morgan fingerprint density at radius 2 is 2.45 bits per heavy atom. The number of aliphatic hydroxyl groups excluding tert-OH is 1. The van der Waals surface area contributed by atoms with Crippen molar-refractivity contribution in [3.63, 3.8) is 0 Å². The number of imidazole rings is 1. The molecule has 0 aliphatic heterocycles. The second-order valence-corrected chi connectivity index (χ2v) is 1.97. The van der Waals surface area contributed by atoms with Crippen LogP contribution in [0.15, 0.2) is 19.0 Å². The Bertz CT molecular complexity index is 222. The molecule has 0 spiro atoms. The molecule has 11 heavy (non-hydrogen) atoms. The van der Waals surface area contributed by atoms with Crippen LogP contribution < -0.4 is 17.0 Å². The zero-order valence-corrected chi connectivity index (χ0v) is 6.88. The molecule has 0 saturated carbocycles. The number of nitrogens with one attached hydrogen (secondary N) is 1. The van der Waals surface area contributed by atoms with Gasteiger partial charge in [-0.15, -0.1) is 0 Å². The molecule has 62 valence electrons. The van der Waals surface area contributed by atoms with Gasteiger partial charge in [0.05, 0.1) is 6.61 Å². The van der Waals surface area contributed by atoms with Gasteiger partial charge in [-0.25, -0.2) is 9.55 Å². The SMILES string of the molecule is C=Cc1[nH]cc[n+]1CCO.[Cl-]. The van der Waals surface area contributed by atoms with Crippen LogP contribution in [-0.2, 0) is 6.54 Å². The molecule has 0 unspecified atom stereocenters. The first kappa shape index (κ1) is 10.2. The average molecular weight is 175 g/mol. The summed E-state index contributed by atoms with van der Waals surface area (Å²) in [5.74, 6) is 0.925. The third-order valence-electron chi connectivity index (χ3n) is 1.33. The lowest BCUT2D eigenvalue weighted by Gasteiger charge is -1.91. The van der Waals surface area contributed by atoms with Gasteiger partial charge in [-0.05, 0) is 0 Å². The second-order valence-electron chi connectivity index (χ2n) is 1.97. The summed E-state index contributed by atoms with van der Waals surface area (Å²) in [6, 6.07) is 0. The minimum Gasteiger partial charge on any atom is -1.00 e. The molecule has 1 rings (SSSR count). The molecule has 0 aliphatic rings. The maximum atomic E-state index is 8.59. The van der Waals surface area contributed by atoms with E-state index in [9.17, 15) is 0 Å². The van der Waals surface area contributed by atoms with E-state index in [4.69, 9.17) is 5.11 Å². The molecule has 0 bridgehead atoms. The zero-order valence-electron chi connectivity index (χ0n) is 6.13. The quantitative estimate of drug-likeness (QED) is 0.470. The topological polar surface area (TPSA) is 39.9 Å². The van der Waals surface area contributed by atoms with Gasteiger partial charge >= 0.3 is 0 Å². The van der Waals surface area contributed by atoms with E-state index < -0.39 is 0 Å². The number of rotatable bonds is 3. The lowest BCUT2D eigenvalue weighted by Crippen LogP contribution is -3.00. The molecule has 4 heteroatoms. The van der Waals surface area contributed by atoms with Gasteiger partial charge in [-0.3, -0.25) is 0 Å². The summed E-state index contributed by atoms with van der Waals surface area (Å²) in [7, 11) is 0. The predicted octanol–water partition coefficient (Wildman–Crippen LogP) is -3.06. The van der Waals surface area contributed by atoms with Crippen molar-refractivity contribution in [2.75, 3.05) is 6.61 Å². The molecule has 0 fully saturated rings. The van der Waals surface area contributed by atoms with E-state index in [1.165, 1.54) is 0 Å². The van der Waals surface area contributed by atoms with Crippen molar-refractivity contribution in [1.29, 1.82) is 0 Å². The van der Waals surface area contributed by atoms with Gasteiger partial charge in [0, 0.05) is 6.08 Å². The minimum absolute atomic E-state index is 0. The maximum Gasteiger partial charge on any atom is 0.278 e. The first-order chi connectivity index (χ1) is 4.88. The van der Waals surface area contributed by atoms with Crippen LogP contribution in [0.2, 0.25) is 0 Å². The Labute approximate surface area is 71.8 Å². The average Bonchev–Trinajstić information content (AvgIpc) is 2.36. The summed E-state index contributed by atoms with van der Waals surface area (Å²) >= 11 is 0. The van der Waals surface area contributed by atoms with Crippen LogP contribution in [0.4, 0.5) is 0 Å². The molecular weight excluding hydrogens is 164 g/mol. The molecule has 0 saturated heterocycles. The van der Waals surface area contributed by atoms with Crippen molar-refractivity contribution in [1.82, 2.24) is 4.98 Å². The highest BCUT2D eigenvalue weighted by Gasteiger charge is 2.03. The molecule has 1 heterocycles. The summed E-state index contributed by atoms with van der Waals surface area (Å²) in [4.78, 5) is 2.97. The number of nitrogens with zero attached hydrogens (tertiary/aromatic N) is 1. The maximum absolute atomic E-state index is 8.59. The van der Waals surface area contributed by atoms with Gasteiger partial charge in [-0.2, -0.15) is 0 Å². The Balaban J connectivity index is 0.000001000. The number of aromatic amines is 1. The van der Waals surface area contributed by atoms with Gasteiger partial charge in [0.15, 0.2) is 0 Å². The highest BCUT2D eigenvalue weighted by atomic mass is 35.5. The largest absolute Gasteiger partial charge is 1.00 e. The minimum atomic E-state index is 0. The van der Waals surface area contributed by atoms with Crippen LogP contribution in [0.3, 0.4) is 0 Å². The van der Waals surface area contributed by atoms with Crippen LogP contribution in [0.25, 0.3) is 6.08 Å². The van der Waals surface area contributed by atoms with Gasteiger partial charge < -0.3 is 17.5 Å². The third-order valence-corrected chi connectivity index (χ3v) is 1.33. The van der Waals surface area contributed by atoms with E-state index in [0.717, 1.165) is 5.82 Å². The van der Waals surface area contributed by atoms with Crippen LogP contribution in [-0.4, -0.2) is 16.7 Å². The van der Waals surface area contributed by atoms with E-state index in [2.05, 4.69) is 11.6 Å². The number of aliphatic hydroxyl groups is 1. The Kier molecular flexibility index (Phi) is 4.57. The Morgan fingerprint density at radius 1 is 1.73 bits per heavy atom. The smallest absolute Gasteiger partial charge is 0.278 e. The fourth-order valence-electron chi connectivity index (χ4n) is 0.855. The number of aromatic nitrogens is 2. The summed E-state index contributed by atoms with van der Waals surface area (Å²) in [6.07, 6.45) is 5.40. The van der Waals surface area contributed by atoms with Gasteiger partial charge in [-0.1, -0.05) is 6.58 Å². The second kappa shape index (κ2) is 4.93. The molecule has 0 radical (unpaired) electrons. The van der Waals surface area contributed by atoms with E-state index in [0.29, 0.717) is 6.54 Å². The van der Waals surface area contributed by atoms with Crippen molar-refractivity contribution in [3.8, 4) is 0 Å². The number of halogens is 1. The molecule has 0 atom stereocenters. The van der Waals surface area contributed by atoms with Gasteiger partial charge in [0.25, 0.3) is 5.82 Å². The van der Waals surface area contributed by atoms with Gasteiger partial charge in [0.1, 0.15) is 18.9 Å². The summed E-state index contributed by atoms with van der Waals surface area (Å²) in [5.41, 5.74) is 0. The van der Waals surface area contributed by atoms with Crippen molar-refractivity contribution < 1.29 is 22.1 Å². The number of hydrogen-bond donors (Lipinski definition) is 2. The summed E-state index contributed by atoms with van der Waals surface area (Å²) < 4.78 is 1.90. The number of hydrogen-bond acceptors (Lipinski definition) is 1. The fraction of sp³-hybridized carbons (Fsp3) is 0.286. The highest BCUT2D eigenvalue weighted by molar-refractivity contribution is 5.31. The molecular formula is C7H11ClN2O. The van der Waals surface area contributed by atoms with E-state index in [-0.39, 0.29) is 19.0 Å². The lowest BCUT2D eigenvalue weighted by atomic mass is 10.5. The van der Waals surface area contributed by atoms with E-state index in [1.54, 1.807) is 6.08 Å². The molecule has 2 N–H and O–H groups in total. The van der Waals surface area contributed by atoms with Crippen LogP contribution in [0.5, 0.6) is 0 Å². The van der Waals surface area contributed by atoms with Crippen LogP contribution in [0.1, 0.15) is 5.82 Å². The predicted molar refractivity (Wildman–Crippen MR) is 38.2 cm³/mol. The fourth-order valence-corrected chi connectivity index (χ4v) is 0.855. The Morgan fingerprint density at radius 3 is 3.00 bits per heavy atom. The highest BCUT2D eigenvalue weighted by Crippen LogP contribution is 1.86. The normalized spacial score (nSPS) is 8.82. The summed E-state index contributed by atoms with van der Waals surface area (Å²) in [5, 5.41) is 8.59. The Hall–Kier alpha value is -0.800. The molecule has 0 aromatic carbocycles. The molecule has 1 aromatic rings. The van der Waals surface area contributed by atoms with Crippen molar-refractivity contribution >= 4 is 6.08 Å². The molecule has 1 aromatic heterocycles. The first-order valence-corrected chi connectivity index (χ1v) is 3.18. The van der Waals surface area contributed by atoms with Crippen LogP contribution >= 0.6 is 0 Å². The first-order valence-electron chi connectivity index (χ1n) is 3.18. The van der Waals surface area contributed by atoms with E-state index in [1.807, 2.05) is 17.0 Å². The molecule has 0 amide bonds. The standard InChI is InChI=1S/C7H10N2O.ClH/c1-2-7-8-3-4-9(7)5-6-10;/h2-4,10H,1,5-6H2;1H. The van der Waals surface area contributed by atoms with Gasteiger partial charge in [0.2, 0.25) is 0 Å². The van der Waals surface area contributed by atoms with Crippen molar-refractivity contribution in [2.24, 2.45) is 0 Å². The summed E-state index contributed by atoms with van der Waals surface area (Å²) in [6.45, 7) is 4.38. The third kappa shape index (κ3) is 2.37. The molecule has 0 aliphatic carbocycles. The number of H-pyrrole nitrogens is 1. The van der Waals surface area contributed by atoms with Crippen molar-refractivity contribution in [3.05, 3.63) is 24.8 Å². The van der Waals surface area contributed by atoms with Crippen molar-refractivity contribution in [2.45, 2.75) is 6.54 Å². The van der Waals surface area contributed by atoms with E-state index >= 15 is 0 Å². The lowest BCUT2D eigenvalue weighted by molar-refractivity contribution is -0.698. The zero-order chi connectivity index (χ0) is 7.40. The van der Waals surface area contributed by atoms with Crippen LogP contribution in [0, 0.1) is 0 Å².